The van der Waals surface area contributed by atoms with E-state index in [2.05, 4.69) is 27.2 Å². The summed E-state index contributed by atoms with van der Waals surface area (Å²) in [5.74, 6) is 3.78. The number of alkyl carbamates (subject to hydrolysis) is 1. The molecule has 1 amide bonds. The number of piperazine rings is 1. The molecule has 33 heavy (non-hydrogen) atoms. The lowest BCUT2D eigenvalue weighted by Gasteiger charge is -2.56. The van der Waals surface area contributed by atoms with Gasteiger partial charge in [0.05, 0.1) is 6.54 Å². The molecule has 0 spiro atoms. The zero-order valence-electron chi connectivity index (χ0n) is 19.6. The maximum atomic E-state index is 12.3. The van der Waals surface area contributed by atoms with Gasteiger partial charge in [-0.15, -0.1) is 0 Å². The van der Waals surface area contributed by atoms with Crippen LogP contribution in [-0.4, -0.2) is 61.8 Å². The lowest BCUT2D eigenvalue weighted by atomic mass is 9.49. The number of nitrogens with one attached hydrogen (secondary N) is 1. The highest BCUT2D eigenvalue weighted by atomic mass is 16.5. The van der Waals surface area contributed by atoms with Crippen molar-refractivity contribution in [2.24, 2.45) is 23.2 Å². The third kappa shape index (κ3) is 4.78. The highest BCUT2D eigenvalue weighted by molar-refractivity contribution is 5.77. The average molecular weight is 452 g/mol. The van der Waals surface area contributed by atoms with Gasteiger partial charge in [-0.3, -0.25) is 9.80 Å². The number of benzene rings is 1. The summed E-state index contributed by atoms with van der Waals surface area (Å²) in [5.41, 5.74) is 1.33. The SMILES string of the molecule is O=C(NCC12CC3CC(CC(C3)C1)C2)OCCN1CCN(Cc2cc3ccccc3o2)CC1. The Labute approximate surface area is 196 Å². The molecule has 178 valence electrons. The molecule has 2 aromatic rings. The van der Waals surface area contributed by atoms with E-state index in [0.717, 1.165) is 74.9 Å². The molecule has 5 fully saturated rings. The van der Waals surface area contributed by atoms with Gasteiger partial charge in [-0.05, 0) is 73.8 Å². The number of ether oxygens (including phenoxy) is 1. The first-order valence-electron chi connectivity index (χ1n) is 13.0. The van der Waals surface area contributed by atoms with Crippen LogP contribution < -0.4 is 5.32 Å². The predicted octanol–water partition coefficient (Wildman–Crippen LogP) is 4.49. The Hall–Kier alpha value is -2.05. The molecule has 2 heterocycles. The first-order chi connectivity index (χ1) is 16.1. The molecule has 6 heteroatoms. The molecule has 7 rings (SSSR count). The van der Waals surface area contributed by atoms with Crippen LogP contribution in [0.25, 0.3) is 11.0 Å². The fraction of sp³-hybridized carbons (Fsp3) is 0.667. The number of hydrogen-bond donors (Lipinski definition) is 1. The molecule has 4 saturated carbocycles. The van der Waals surface area contributed by atoms with E-state index in [1.807, 2.05) is 18.2 Å². The molecule has 1 aromatic heterocycles. The van der Waals surface area contributed by atoms with Crippen molar-refractivity contribution in [1.82, 2.24) is 15.1 Å². The Kier molecular flexibility index (Phi) is 5.83. The first-order valence-corrected chi connectivity index (χ1v) is 13.0. The number of carbonyl (C=O) groups excluding carboxylic acids is 1. The minimum atomic E-state index is -0.228. The predicted molar refractivity (Wildman–Crippen MR) is 128 cm³/mol. The van der Waals surface area contributed by atoms with Crippen LogP contribution in [0.2, 0.25) is 0 Å². The van der Waals surface area contributed by atoms with Crippen LogP contribution in [0.5, 0.6) is 0 Å². The monoisotopic (exact) mass is 451 g/mol. The van der Waals surface area contributed by atoms with Crippen LogP contribution in [0, 0.1) is 23.2 Å². The van der Waals surface area contributed by atoms with E-state index in [9.17, 15) is 4.79 Å². The van der Waals surface area contributed by atoms with Crippen LogP contribution >= 0.6 is 0 Å². The Bertz CT molecular complexity index is 910. The zero-order chi connectivity index (χ0) is 22.3. The highest BCUT2D eigenvalue weighted by Gasteiger charge is 2.50. The van der Waals surface area contributed by atoms with Crippen molar-refractivity contribution in [3.05, 3.63) is 36.1 Å². The van der Waals surface area contributed by atoms with Gasteiger partial charge in [0.25, 0.3) is 0 Å². The van der Waals surface area contributed by atoms with Gasteiger partial charge in [-0.1, -0.05) is 18.2 Å². The molecule has 1 saturated heterocycles. The lowest BCUT2D eigenvalue weighted by molar-refractivity contribution is -0.0509. The van der Waals surface area contributed by atoms with E-state index in [0.29, 0.717) is 12.0 Å². The number of amides is 1. The van der Waals surface area contributed by atoms with Crippen LogP contribution in [0.1, 0.15) is 44.3 Å². The van der Waals surface area contributed by atoms with E-state index in [1.54, 1.807) is 0 Å². The molecular weight excluding hydrogens is 414 g/mol. The zero-order valence-corrected chi connectivity index (χ0v) is 19.6. The molecule has 1 aliphatic heterocycles. The second kappa shape index (κ2) is 8.95. The van der Waals surface area contributed by atoms with Gasteiger partial charge in [-0.2, -0.15) is 0 Å². The molecule has 1 aromatic carbocycles. The summed E-state index contributed by atoms with van der Waals surface area (Å²) in [4.78, 5) is 17.2. The van der Waals surface area contributed by atoms with Gasteiger partial charge in [0.15, 0.2) is 0 Å². The summed E-state index contributed by atoms with van der Waals surface area (Å²) < 4.78 is 11.5. The third-order valence-corrected chi connectivity index (χ3v) is 8.73. The minimum Gasteiger partial charge on any atom is -0.460 e. The smallest absolute Gasteiger partial charge is 0.407 e. The van der Waals surface area contributed by atoms with Crippen LogP contribution in [0.4, 0.5) is 4.79 Å². The largest absolute Gasteiger partial charge is 0.460 e. The van der Waals surface area contributed by atoms with Crippen molar-refractivity contribution < 1.29 is 13.9 Å². The standard InChI is InChI=1S/C27H37N3O3/c31-26(28-19-27-15-20-11-21(16-27)13-22(12-20)17-27)32-10-9-29-5-7-30(8-6-29)18-24-14-23-3-1-2-4-25(23)33-24/h1-4,14,20-22H,5-13,15-19H2,(H,28,31). The van der Waals surface area contributed by atoms with Gasteiger partial charge < -0.3 is 14.5 Å². The topological polar surface area (TPSA) is 58.0 Å². The third-order valence-electron chi connectivity index (χ3n) is 8.73. The van der Waals surface area contributed by atoms with Gasteiger partial charge in [0.2, 0.25) is 0 Å². The minimum absolute atomic E-state index is 0.228. The number of hydrogen-bond acceptors (Lipinski definition) is 5. The maximum absolute atomic E-state index is 12.3. The molecule has 1 N–H and O–H groups in total. The van der Waals surface area contributed by atoms with Gasteiger partial charge in [-0.25, -0.2) is 4.79 Å². The normalized spacial score (nSPS) is 31.8. The summed E-state index contributed by atoms with van der Waals surface area (Å²) in [6.07, 6.45) is 8.04. The number of furan rings is 1. The summed E-state index contributed by atoms with van der Waals surface area (Å²) >= 11 is 0. The Balaban J connectivity index is 0.888. The van der Waals surface area contributed by atoms with E-state index >= 15 is 0 Å². The number of fused-ring (bicyclic) bond motifs is 1. The van der Waals surface area contributed by atoms with Crippen molar-refractivity contribution in [3.63, 3.8) is 0 Å². The number of nitrogens with zero attached hydrogens (tertiary/aromatic N) is 2. The van der Waals surface area contributed by atoms with Crippen molar-refractivity contribution >= 4 is 17.1 Å². The second-order valence-corrected chi connectivity index (χ2v) is 11.3. The van der Waals surface area contributed by atoms with E-state index < -0.39 is 0 Å². The number of carbonyl (C=O) groups is 1. The molecule has 4 bridgehead atoms. The quantitative estimate of drug-likeness (QED) is 0.672. The Morgan fingerprint density at radius 3 is 2.36 bits per heavy atom. The van der Waals surface area contributed by atoms with Crippen molar-refractivity contribution in [2.75, 3.05) is 45.9 Å². The van der Waals surface area contributed by atoms with Gasteiger partial charge in [0.1, 0.15) is 18.0 Å². The second-order valence-electron chi connectivity index (χ2n) is 11.3. The van der Waals surface area contributed by atoms with Gasteiger partial charge in [0, 0.05) is 44.7 Å². The fourth-order valence-corrected chi connectivity index (χ4v) is 7.59. The highest BCUT2D eigenvalue weighted by Crippen LogP contribution is 2.59. The first kappa shape index (κ1) is 21.5. The van der Waals surface area contributed by atoms with Gasteiger partial charge >= 0.3 is 6.09 Å². The number of rotatable bonds is 7. The summed E-state index contributed by atoms with van der Waals surface area (Å²) in [5, 5.41) is 4.30. The maximum Gasteiger partial charge on any atom is 0.407 e. The van der Waals surface area contributed by atoms with Crippen molar-refractivity contribution in [1.29, 1.82) is 0 Å². The summed E-state index contributed by atoms with van der Waals surface area (Å²) in [6, 6.07) is 10.3. The van der Waals surface area contributed by atoms with Crippen molar-refractivity contribution in [3.8, 4) is 0 Å². The Morgan fingerprint density at radius 2 is 1.67 bits per heavy atom. The fourth-order valence-electron chi connectivity index (χ4n) is 7.59. The van der Waals surface area contributed by atoms with E-state index in [-0.39, 0.29) is 6.09 Å². The van der Waals surface area contributed by atoms with Crippen molar-refractivity contribution in [2.45, 2.75) is 45.1 Å². The molecule has 6 nitrogen and oxygen atoms in total. The molecule has 0 atom stereocenters. The Morgan fingerprint density at radius 1 is 1.00 bits per heavy atom. The molecule has 0 radical (unpaired) electrons. The van der Waals surface area contributed by atoms with Crippen LogP contribution in [-0.2, 0) is 11.3 Å². The lowest BCUT2D eigenvalue weighted by Crippen LogP contribution is -2.51. The molecule has 5 aliphatic rings. The average Bonchev–Trinajstić information content (AvgIpc) is 3.20. The molecule has 4 aliphatic carbocycles. The summed E-state index contributed by atoms with van der Waals surface area (Å²) in [6.45, 7) is 6.96. The van der Waals surface area contributed by atoms with Crippen LogP contribution in [0.15, 0.2) is 34.7 Å². The van der Waals surface area contributed by atoms with E-state index in [1.165, 1.54) is 43.9 Å². The van der Waals surface area contributed by atoms with Crippen LogP contribution in [0.3, 0.4) is 0 Å². The molecular formula is C27H37N3O3. The molecule has 0 unspecified atom stereocenters. The summed E-state index contributed by atoms with van der Waals surface area (Å²) in [7, 11) is 0. The van der Waals surface area contributed by atoms with E-state index in [4.69, 9.17) is 9.15 Å². The number of para-hydroxylation sites is 1.